The summed E-state index contributed by atoms with van der Waals surface area (Å²) in [4.78, 5) is 19.5. The molecule has 0 aliphatic carbocycles. The first-order chi connectivity index (χ1) is 14.9. The maximum Gasteiger partial charge on any atom is 0.243 e. The molecule has 1 aromatic carbocycles. The molecule has 31 heavy (non-hydrogen) atoms. The molecule has 2 heterocycles. The van der Waals surface area contributed by atoms with Crippen LogP contribution in [-0.4, -0.2) is 112 Å². The van der Waals surface area contributed by atoms with Gasteiger partial charge in [0.2, 0.25) is 15.9 Å². The average molecular weight is 452 g/mol. The predicted molar refractivity (Wildman–Crippen MR) is 123 cm³/mol. The molecule has 0 bridgehead atoms. The fourth-order valence-corrected chi connectivity index (χ4v) is 5.88. The molecule has 174 valence electrons. The molecule has 2 aliphatic heterocycles. The van der Waals surface area contributed by atoms with Crippen LogP contribution in [0.1, 0.15) is 18.4 Å². The Balaban J connectivity index is 1.64. The molecule has 2 fully saturated rings. The number of carbonyl (C=O) groups excluding carboxylic acids is 1. The molecule has 2 aliphatic rings. The number of likely N-dealkylation sites (N-methyl/N-ethyl adjacent to an activating group) is 1. The number of amides is 1. The number of rotatable bonds is 9. The monoisotopic (exact) mass is 451 g/mol. The quantitative estimate of drug-likeness (QED) is 0.587. The smallest absolute Gasteiger partial charge is 0.243 e. The van der Waals surface area contributed by atoms with Crippen LogP contribution in [0.5, 0.6) is 0 Å². The minimum Gasteiger partial charge on any atom is -0.340 e. The van der Waals surface area contributed by atoms with E-state index < -0.39 is 10.0 Å². The Hall–Kier alpha value is -1.52. The highest BCUT2D eigenvalue weighted by Gasteiger charge is 2.27. The van der Waals surface area contributed by atoms with Gasteiger partial charge >= 0.3 is 0 Å². The van der Waals surface area contributed by atoms with Crippen molar-refractivity contribution in [2.75, 3.05) is 79.0 Å². The number of sulfonamides is 1. The molecule has 0 aromatic heterocycles. The zero-order valence-corrected chi connectivity index (χ0v) is 19.7. The number of nitrogens with one attached hydrogen (secondary N) is 1. The molecule has 3 rings (SSSR count). The highest BCUT2D eigenvalue weighted by atomic mass is 32.2. The summed E-state index contributed by atoms with van der Waals surface area (Å²) < 4.78 is 28.4. The van der Waals surface area contributed by atoms with E-state index in [1.807, 2.05) is 24.0 Å². The number of hydrogen-bond acceptors (Lipinski definition) is 6. The number of aryl methyl sites for hydroxylation is 1. The molecule has 0 spiro atoms. The molecule has 8 nitrogen and oxygen atoms in total. The molecule has 0 saturated carbocycles. The molecule has 0 radical (unpaired) electrons. The van der Waals surface area contributed by atoms with Gasteiger partial charge in [0.1, 0.15) is 0 Å². The van der Waals surface area contributed by atoms with Crippen molar-refractivity contribution in [2.45, 2.75) is 24.7 Å². The lowest BCUT2D eigenvalue weighted by Crippen LogP contribution is -2.47. The fourth-order valence-electron chi connectivity index (χ4n) is 4.17. The summed E-state index contributed by atoms with van der Waals surface area (Å²) >= 11 is 0. The second-order valence-corrected chi connectivity index (χ2v) is 10.5. The van der Waals surface area contributed by atoms with Gasteiger partial charge in [-0.05, 0) is 38.6 Å². The van der Waals surface area contributed by atoms with Crippen molar-refractivity contribution < 1.29 is 13.2 Å². The van der Waals surface area contributed by atoms with Crippen molar-refractivity contribution in [1.29, 1.82) is 0 Å². The fraction of sp³-hybridized carbons (Fsp3) is 0.682. The molecule has 2 saturated heterocycles. The van der Waals surface area contributed by atoms with Gasteiger partial charge in [-0.3, -0.25) is 4.79 Å². The molecular weight excluding hydrogens is 414 g/mol. The molecule has 1 aromatic rings. The Kier molecular flexibility index (Phi) is 8.85. The third-order valence-electron chi connectivity index (χ3n) is 6.23. The van der Waals surface area contributed by atoms with Crippen molar-refractivity contribution in [1.82, 2.24) is 24.3 Å². The lowest BCUT2D eigenvalue weighted by Gasteiger charge is -2.33. The zero-order valence-electron chi connectivity index (χ0n) is 18.9. The van der Waals surface area contributed by atoms with Crippen LogP contribution in [0, 0.1) is 6.92 Å². The molecule has 9 heteroatoms. The van der Waals surface area contributed by atoms with Gasteiger partial charge in [-0.2, -0.15) is 4.31 Å². The lowest BCUT2D eigenvalue weighted by atomic mass is 10.2. The third kappa shape index (κ3) is 6.73. The van der Waals surface area contributed by atoms with E-state index in [-0.39, 0.29) is 18.9 Å². The van der Waals surface area contributed by atoms with Gasteiger partial charge in [0.25, 0.3) is 0 Å². The minimum absolute atomic E-state index is 0.0329. The average Bonchev–Trinajstić information content (AvgIpc) is 2.77. The van der Waals surface area contributed by atoms with E-state index in [1.165, 1.54) is 4.31 Å². The van der Waals surface area contributed by atoms with E-state index in [2.05, 4.69) is 22.2 Å². The van der Waals surface area contributed by atoms with Gasteiger partial charge in [0, 0.05) is 71.9 Å². The summed E-state index contributed by atoms with van der Waals surface area (Å²) in [5.74, 6) is 0.0329. The Morgan fingerprint density at radius 2 is 1.71 bits per heavy atom. The third-order valence-corrected chi connectivity index (χ3v) is 8.29. The first-order valence-corrected chi connectivity index (χ1v) is 12.8. The van der Waals surface area contributed by atoms with Crippen molar-refractivity contribution >= 4 is 15.9 Å². The van der Waals surface area contributed by atoms with E-state index in [4.69, 9.17) is 0 Å². The van der Waals surface area contributed by atoms with Gasteiger partial charge in [-0.1, -0.05) is 18.2 Å². The van der Waals surface area contributed by atoms with Crippen LogP contribution in [0.3, 0.4) is 0 Å². The van der Waals surface area contributed by atoms with E-state index in [0.29, 0.717) is 24.5 Å². The highest BCUT2D eigenvalue weighted by Crippen LogP contribution is 2.20. The van der Waals surface area contributed by atoms with E-state index in [9.17, 15) is 13.2 Å². The molecular formula is C22H37N5O3S. The van der Waals surface area contributed by atoms with Crippen LogP contribution in [0.2, 0.25) is 0 Å². The number of piperazine rings is 2. The molecule has 1 N–H and O–H groups in total. The van der Waals surface area contributed by atoms with E-state index in [0.717, 1.165) is 57.8 Å². The molecule has 0 atom stereocenters. The van der Waals surface area contributed by atoms with Gasteiger partial charge in [0.05, 0.1) is 4.90 Å². The van der Waals surface area contributed by atoms with Crippen molar-refractivity contribution in [2.24, 2.45) is 0 Å². The molecule has 1 amide bonds. The summed E-state index contributed by atoms with van der Waals surface area (Å²) in [6.07, 6.45) is 0.982. The van der Waals surface area contributed by atoms with Gasteiger partial charge < -0.3 is 20.0 Å². The number of carbonyl (C=O) groups is 1. The first kappa shape index (κ1) is 24.1. The van der Waals surface area contributed by atoms with E-state index in [1.54, 1.807) is 12.1 Å². The number of nitrogens with zero attached hydrogens (tertiary/aromatic N) is 4. The Bertz CT molecular complexity index is 818. The van der Waals surface area contributed by atoms with Crippen LogP contribution in [0.15, 0.2) is 29.2 Å². The van der Waals surface area contributed by atoms with Crippen molar-refractivity contribution in [3.63, 3.8) is 0 Å². The SMILES string of the molecule is Cc1ccccc1S(=O)(=O)N(CCCN1CCN(C)CC1)CCC(=O)N1CCNCC1. The van der Waals surface area contributed by atoms with Gasteiger partial charge in [-0.25, -0.2) is 8.42 Å². The normalized spacial score (nSPS) is 19.1. The van der Waals surface area contributed by atoms with E-state index >= 15 is 0 Å². The van der Waals surface area contributed by atoms with Crippen LogP contribution in [0.25, 0.3) is 0 Å². The minimum atomic E-state index is -3.65. The summed E-state index contributed by atoms with van der Waals surface area (Å²) in [6.45, 7) is 10.4. The number of benzene rings is 1. The Labute approximate surface area is 187 Å². The standard InChI is InChI=1S/C22H37N5O3S/c1-20-6-3-4-7-21(20)31(29,30)27(12-5-11-25-18-16-24(2)17-19-25)13-8-22(28)26-14-9-23-10-15-26/h3-4,6-7,23H,5,8-19H2,1-2H3. The summed E-state index contributed by atoms with van der Waals surface area (Å²) in [7, 11) is -1.52. The lowest BCUT2D eigenvalue weighted by molar-refractivity contribution is -0.131. The van der Waals surface area contributed by atoms with Crippen LogP contribution in [-0.2, 0) is 14.8 Å². The maximum absolute atomic E-state index is 13.4. The maximum atomic E-state index is 13.4. The van der Waals surface area contributed by atoms with Crippen LogP contribution >= 0.6 is 0 Å². The van der Waals surface area contributed by atoms with Crippen molar-refractivity contribution in [3.05, 3.63) is 29.8 Å². The summed E-state index contributed by atoms with van der Waals surface area (Å²) in [5.41, 5.74) is 0.736. The van der Waals surface area contributed by atoms with Gasteiger partial charge in [-0.15, -0.1) is 0 Å². The first-order valence-electron chi connectivity index (χ1n) is 11.3. The zero-order chi connectivity index (χ0) is 22.3. The number of hydrogen-bond donors (Lipinski definition) is 1. The van der Waals surface area contributed by atoms with Gasteiger partial charge in [0.15, 0.2) is 0 Å². The topological polar surface area (TPSA) is 76.2 Å². The largest absolute Gasteiger partial charge is 0.340 e. The summed E-state index contributed by atoms with van der Waals surface area (Å²) in [5, 5.41) is 3.24. The Morgan fingerprint density at radius 1 is 1.03 bits per heavy atom. The Morgan fingerprint density at radius 3 is 2.39 bits per heavy atom. The second-order valence-electron chi connectivity index (χ2n) is 8.55. The highest BCUT2D eigenvalue weighted by molar-refractivity contribution is 7.89. The van der Waals surface area contributed by atoms with Crippen LogP contribution < -0.4 is 5.32 Å². The van der Waals surface area contributed by atoms with Crippen molar-refractivity contribution in [3.8, 4) is 0 Å². The molecule has 0 unspecified atom stereocenters. The predicted octanol–water partition coefficient (Wildman–Crippen LogP) is 0.445. The summed E-state index contributed by atoms with van der Waals surface area (Å²) in [6, 6.07) is 7.09. The van der Waals surface area contributed by atoms with Crippen LogP contribution in [0.4, 0.5) is 0 Å². The second kappa shape index (κ2) is 11.4.